The normalized spacial score (nSPS) is 20.6. The second-order valence-electron chi connectivity index (χ2n) is 6.12. The van der Waals surface area contributed by atoms with Crippen molar-refractivity contribution in [2.45, 2.75) is 38.9 Å². The molecule has 0 atom stereocenters. The third-order valence-corrected chi connectivity index (χ3v) is 4.04. The quantitative estimate of drug-likeness (QED) is 0.676. The highest BCUT2D eigenvalue weighted by atomic mass is 16.7. The second kappa shape index (κ2) is 5.71. The summed E-state index contributed by atoms with van der Waals surface area (Å²) in [5.74, 6) is 0. The van der Waals surface area contributed by atoms with Crippen molar-refractivity contribution >= 4 is 19.5 Å². The molecule has 0 bridgehead atoms. The first-order chi connectivity index (χ1) is 9.79. The molecule has 0 aromatic carbocycles. The lowest BCUT2D eigenvalue weighted by Crippen LogP contribution is -2.41. The van der Waals surface area contributed by atoms with Gasteiger partial charge < -0.3 is 15.0 Å². The predicted octanol–water partition coefficient (Wildman–Crippen LogP) is 1.87. The van der Waals surface area contributed by atoms with Crippen LogP contribution in [0.3, 0.4) is 0 Å². The summed E-state index contributed by atoms with van der Waals surface area (Å²) in [6.45, 7) is 8.27. The highest BCUT2D eigenvalue weighted by molar-refractivity contribution is 6.55. The highest BCUT2D eigenvalue weighted by Gasteiger charge is 2.52. The Morgan fingerprint density at radius 2 is 1.81 bits per heavy atom. The van der Waals surface area contributed by atoms with Crippen LogP contribution in [0.5, 0.6) is 0 Å². The van der Waals surface area contributed by atoms with Crippen molar-refractivity contribution in [2.24, 2.45) is 5.73 Å². The van der Waals surface area contributed by atoms with E-state index in [1.165, 1.54) is 0 Å². The first-order valence-corrected chi connectivity index (χ1v) is 6.97. The maximum Gasteiger partial charge on any atom is 0.491 e. The van der Waals surface area contributed by atoms with Gasteiger partial charge in [0.2, 0.25) is 0 Å². The van der Waals surface area contributed by atoms with Crippen LogP contribution in [0.1, 0.15) is 43.9 Å². The lowest BCUT2D eigenvalue weighted by molar-refractivity contribution is 0.00578. The minimum atomic E-state index is -0.498. The van der Waals surface area contributed by atoms with Crippen LogP contribution in [-0.2, 0) is 9.31 Å². The van der Waals surface area contributed by atoms with Crippen molar-refractivity contribution in [3.63, 3.8) is 0 Å². The summed E-state index contributed by atoms with van der Waals surface area (Å²) in [7, 11) is -0.498. The van der Waals surface area contributed by atoms with Gasteiger partial charge in [0.1, 0.15) is 5.69 Å². The third kappa shape index (κ3) is 3.23. The molecule has 0 saturated carbocycles. The fourth-order valence-corrected chi connectivity index (χ4v) is 2.02. The Labute approximate surface area is 125 Å². The molecule has 1 fully saturated rings. The van der Waals surface area contributed by atoms with Gasteiger partial charge in [-0.05, 0) is 51.4 Å². The molecule has 2 rings (SSSR count). The number of hydrogen-bond acceptors (Lipinski definition) is 5. The van der Waals surface area contributed by atoms with Crippen molar-refractivity contribution in [3.05, 3.63) is 35.1 Å². The summed E-state index contributed by atoms with van der Waals surface area (Å²) in [4.78, 5) is 15.0. The van der Waals surface area contributed by atoms with E-state index < -0.39 is 18.3 Å². The van der Waals surface area contributed by atoms with Gasteiger partial charge in [-0.2, -0.15) is 0 Å². The van der Waals surface area contributed by atoms with Crippen molar-refractivity contribution in [2.75, 3.05) is 6.54 Å². The van der Waals surface area contributed by atoms with Crippen molar-refractivity contribution < 1.29 is 14.1 Å². The van der Waals surface area contributed by atoms with E-state index in [9.17, 15) is 4.79 Å². The molecule has 2 heterocycles. The Balaban J connectivity index is 2.28. The molecule has 0 radical (unpaired) electrons. The second-order valence-corrected chi connectivity index (χ2v) is 6.12. The average Bonchev–Trinajstić information content (AvgIpc) is 2.65. The van der Waals surface area contributed by atoms with E-state index in [1.54, 1.807) is 12.1 Å². The molecule has 2 N–H and O–H groups in total. The molecule has 1 aromatic rings. The standard InChI is InChI=1S/C15H21BN2O3/c1-14(2)15(3,4)21-16(20-14)11(9-17)8-12-6-5-7-13(10-19)18-12/h5-8,10H,9,17H2,1-4H3. The van der Waals surface area contributed by atoms with E-state index in [2.05, 4.69) is 4.98 Å². The van der Waals surface area contributed by atoms with Crippen LogP contribution >= 0.6 is 0 Å². The molecular weight excluding hydrogens is 267 g/mol. The van der Waals surface area contributed by atoms with Gasteiger partial charge in [0, 0.05) is 6.54 Å². The maximum atomic E-state index is 10.8. The molecule has 0 unspecified atom stereocenters. The topological polar surface area (TPSA) is 74.4 Å². The van der Waals surface area contributed by atoms with Gasteiger partial charge in [0.15, 0.2) is 6.29 Å². The summed E-state index contributed by atoms with van der Waals surface area (Å²) >= 11 is 0. The van der Waals surface area contributed by atoms with E-state index in [0.29, 0.717) is 24.2 Å². The molecule has 112 valence electrons. The SMILES string of the molecule is CC1(C)OB(C(=Cc2cccc(C=O)n2)CN)OC1(C)C. The third-order valence-electron chi connectivity index (χ3n) is 4.04. The van der Waals surface area contributed by atoms with E-state index in [1.807, 2.05) is 39.8 Å². The number of carbonyl (C=O) groups excluding carboxylic acids is 1. The number of carbonyl (C=O) groups is 1. The molecule has 1 saturated heterocycles. The molecule has 1 aliphatic rings. The smallest absolute Gasteiger partial charge is 0.400 e. The number of aromatic nitrogens is 1. The van der Waals surface area contributed by atoms with E-state index in [0.717, 1.165) is 5.47 Å². The van der Waals surface area contributed by atoms with Gasteiger partial charge in [0.25, 0.3) is 0 Å². The highest BCUT2D eigenvalue weighted by Crippen LogP contribution is 2.38. The van der Waals surface area contributed by atoms with E-state index in [-0.39, 0.29) is 0 Å². The largest absolute Gasteiger partial charge is 0.491 e. The lowest BCUT2D eigenvalue weighted by atomic mass is 9.77. The van der Waals surface area contributed by atoms with Gasteiger partial charge in [-0.3, -0.25) is 4.79 Å². The van der Waals surface area contributed by atoms with Crippen molar-refractivity contribution in [1.82, 2.24) is 4.98 Å². The summed E-state index contributed by atoms with van der Waals surface area (Å²) < 4.78 is 12.0. The average molecular weight is 288 g/mol. The predicted molar refractivity (Wildman–Crippen MR) is 82.7 cm³/mol. The van der Waals surface area contributed by atoms with E-state index >= 15 is 0 Å². The Hall–Kier alpha value is -1.50. The zero-order valence-electron chi connectivity index (χ0n) is 12.9. The van der Waals surface area contributed by atoms with Gasteiger partial charge in [-0.1, -0.05) is 6.07 Å². The number of rotatable bonds is 4. The van der Waals surface area contributed by atoms with Crippen LogP contribution in [0.4, 0.5) is 0 Å². The summed E-state index contributed by atoms with van der Waals surface area (Å²) in [5, 5.41) is 0. The fourth-order valence-electron chi connectivity index (χ4n) is 2.02. The fraction of sp³-hybridized carbons (Fsp3) is 0.467. The molecule has 0 amide bonds. The van der Waals surface area contributed by atoms with Crippen LogP contribution in [0.25, 0.3) is 6.08 Å². The zero-order valence-corrected chi connectivity index (χ0v) is 12.9. The van der Waals surface area contributed by atoms with E-state index in [4.69, 9.17) is 15.0 Å². The van der Waals surface area contributed by atoms with Crippen LogP contribution < -0.4 is 5.73 Å². The first kappa shape index (κ1) is 15.9. The number of pyridine rings is 1. The Morgan fingerprint density at radius 3 is 2.33 bits per heavy atom. The molecule has 0 aliphatic carbocycles. The molecule has 0 spiro atoms. The Kier molecular flexibility index (Phi) is 4.32. The number of hydrogen-bond donors (Lipinski definition) is 1. The minimum Gasteiger partial charge on any atom is -0.400 e. The van der Waals surface area contributed by atoms with Crippen LogP contribution in [0.2, 0.25) is 0 Å². The number of nitrogens with zero attached hydrogens (tertiary/aromatic N) is 1. The van der Waals surface area contributed by atoms with Crippen LogP contribution in [0, 0.1) is 0 Å². The van der Waals surface area contributed by atoms with Crippen molar-refractivity contribution in [3.8, 4) is 0 Å². The molecule has 1 aromatic heterocycles. The van der Waals surface area contributed by atoms with Crippen LogP contribution in [0.15, 0.2) is 23.7 Å². The number of aldehydes is 1. The molecular formula is C15H21BN2O3. The maximum absolute atomic E-state index is 10.8. The molecule has 1 aliphatic heterocycles. The minimum absolute atomic E-state index is 0.295. The van der Waals surface area contributed by atoms with Crippen LogP contribution in [-0.4, -0.2) is 36.1 Å². The lowest BCUT2D eigenvalue weighted by Gasteiger charge is -2.32. The first-order valence-electron chi connectivity index (χ1n) is 6.97. The molecule has 5 nitrogen and oxygen atoms in total. The number of nitrogens with two attached hydrogens (primary N) is 1. The molecule has 6 heteroatoms. The molecule has 21 heavy (non-hydrogen) atoms. The monoisotopic (exact) mass is 288 g/mol. The zero-order chi connectivity index (χ0) is 15.7. The van der Waals surface area contributed by atoms with Gasteiger partial charge in [-0.15, -0.1) is 0 Å². The summed E-state index contributed by atoms with van der Waals surface area (Å²) in [6, 6.07) is 5.25. The Morgan fingerprint density at radius 1 is 1.24 bits per heavy atom. The van der Waals surface area contributed by atoms with Gasteiger partial charge in [0.05, 0.1) is 16.9 Å². The summed E-state index contributed by atoms with van der Waals surface area (Å²) in [6.07, 6.45) is 2.53. The van der Waals surface area contributed by atoms with Crippen molar-refractivity contribution in [1.29, 1.82) is 0 Å². The van der Waals surface area contributed by atoms with Gasteiger partial charge in [-0.25, -0.2) is 4.98 Å². The summed E-state index contributed by atoms with van der Waals surface area (Å²) in [5.41, 5.74) is 6.84. The van der Waals surface area contributed by atoms with Gasteiger partial charge >= 0.3 is 7.12 Å². The Bertz CT molecular complexity index is 554.